The summed E-state index contributed by atoms with van der Waals surface area (Å²) >= 11 is 1.35. The molecule has 0 aliphatic heterocycles. The van der Waals surface area contributed by atoms with E-state index in [9.17, 15) is 4.79 Å². The number of nitrogens with zero attached hydrogens (tertiary/aromatic N) is 2. The maximum absolute atomic E-state index is 11.3. The van der Waals surface area contributed by atoms with Crippen LogP contribution in [0.1, 0.15) is 18.9 Å². The van der Waals surface area contributed by atoms with Gasteiger partial charge in [-0.2, -0.15) is 0 Å². The van der Waals surface area contributed by atoms with Crippen molar-refractivity contribution < 1.29 is 4.79 Å². The van der Waals surface area contributed by atoms with Gasteiger partial charge in [-0.1, -0.05) is 18.7 Å². The Bertz CT molecular complexity index is 342. The van der Waals surface area contributed by atoms with Gasteiger partial charge in [0.1, 0.15) is 0 Å². The summed E-state index contributed by atoms with van der Waals surface area (Å²) in [7, 11) is 1.88. The highest BCUT2D eigenvalue weighted by atomic mass is 32.2. The summed E-state index contributed by atoms with van der Waals surface area (Å²) < 4.78 is 0. The zero-order valence-electron chi connectivity index (χ0n) is 10.2. The summed E-state index contributed by atoms with van der Waals surface area (Å²) in [6, 6.07) is 0. The Morgan fingerprint density at radius 1 is 1.41 bits per heavy atom. The summed E-state index contributed by atoms with van der Waals surface area (Å²) in [5, 5.41) is 6.47. The van der Waals surface area contributed by atoms with Crippen molar-refractivity contribution in [2.24, 2.45) is 0 Å². The third-order valence-electron chi connectivity index (χ3n) is 1.97. The molecule has 0 bridgehead atoms. The standard InChI is InChI=1S/C11H18N4OS/c1-3-4-13-10(16)8-17-11-14-6-9(5-12-2)7-15-11/h6-7,12H,3-5,8H2,1-2H3,(H,13,16). The number of hydrogen-bond donors (Lipinski definition) is 2. The van der Waals surface area contributed by atoms with Gasteiger partial charge in [0.15, 0.2) is 5.16 Å². The van der Waals surface area contributed by atoms with Gasteiger partial charge in [-0.15, -0.1) is 0 Å². The van der Waals surface area contributed by atoms with E-state index in [1.165, 1.54) is 11.8 Å². The molecule has 17 heavy (non-hydrogen) atoms. The van der Waals surface area contributed by atoms with Gasteiger partial charge >= 0.3 is 0 Å². The molecule has 1 rings (SSSR count). The normalized spacial score (nSPS) is 10.2. The molecule has 5 nitrogen and oxygen atoms in total. The maximum atomic E-state index is 11.3. The first-order valence-corrected chi connectivity index (χ1v) is 6.59. The maximum Gasteiger partial charge on any atom is 0.230 e. The Morgan fingerprint density at radius 2 is 2.12 bits per heavy atom. The van der Waals surface area contributed by atoms with Crippen molar-refractivity contribution in [2.45, 2.75) is 25.0 Å². The topological polar surface area (TPSA) is 66.9 Å². The van der Waals surface area contributed by atoms with Gasteiger partial charge in [-0.3, -0.25) is 4.79 Å². The molecule has 0 saturated carbocycles. The second-order valence-electron chi connectivity index (χ2n) is 3.54. The number of hydrogen-bond acceptors (Lipinski definition) is 5. The van der Waals surface area contributed by atoms with E-state index >= 15 is 0 Å². The van der Waals surface area contributed by atoms with Gasteiger partial charge in [0.05, 0.1) is 5.75 Å². The number of carbonyl (C=O) groups excluding carboxylic acids is 1. The molecular formula is C11H18N4OS. The van der Waals surface area contributed by atoms with Crippen LogP contribution in [0.3, 0.4) is 0 Å². The molecule has 0 unspecified atom stereocenters. The first kappa shape index (κ1) is 13.9. The number of aromatic nitrogens is 2. The summed E-state index contributed by atoms with van der Waals surface area (Å²) in [5.74, 6) is 0.394. The van der Waals surface area contributed by atoms with Crippen molar-refractivity contribution in [1.29, 1.82) is 0 Å². The van der Waals surface area contributed by atoms with E-state index in [4.69, 9.17) is 0 Å². The van der Waals surface area contributed by atoms with E-state index in [-0.39, 0.29) is 5.91 Å². The lowest BCUT2D eigenvalue weighted by Gasteiger charge is -2.03. The van der Waals surface area contributed by atoms with E-state index in [0.717, 1.165) is 25.1 Å². The van der Waals surface area contributed by atoms with Gasteiger partial charge < -0.3 is 10.6 Å². The second kappa shape index (κ2) is 8.03. The number of rotatable bonds is 7. The van der Waals surface area contributed by atoms with Crippen LogP contribution in [0.25, 0.3) is 0 Å². The summed E-state index contributed by atoms with van der Waals surface area (Å²) in [6.45, 7) is 3.50. The van der Waals surface area contributed by atoms with Crippen LogP contribution >= 0.6 is 11.8 Å². The quantitative estimate of drug-likeness (QED) is 0.557. The predicted octanol–water partition coefficient (Wildman–Crippen LogP) is 0.814. The second-order valence-corrected chi connectivity index (χ2v) is 4.49. The highest BCUT2D eigenvalue weighted by molar-refractivity contribution is 7.99. The first-order chi connectivity index (χ1) is 8.26. The van der Waals surface area contributed by atoms with Gasteiger partial charge in [0.25, 0.3) is 0 Å². The molecule has 0 aliphatic carbocycles. The molecule has 2 N–H and O–H groups in total. The average Bonchev–Trinajstić information content (AvgIpc) is 2.36. The number of amides is 1. The van der Waals surface area contributed by atoms with E-state index < -0.39 is 0 Å². The molecule has 0 fully saturated rings. The van der Waals surface area contributed by atoms with Crippen molar-refractivity contribution in [3.05, 3.63) is 18.0 Å². The Balaban J connectivity index is 2.34. The van der Waals surface area contributed by atoms with Crippen LogP contribution in [0.15, 0.2) is 17.6 Å². The van der Waals surface area contributed by atoms with Crippen molar-refractivity contribution in [2.75, 3.05) is 19.3 Å². The number of thioether (sulfide) groups is 1. The largest absolute Gasteiger partial charge is 0.355 e. The number of carbonyl (C=O) groups is 1. The first-order valence-electron chi connectivity index (χ1n) is 5.61. The van der Waals surface area contributed by atoms with Crippen LogP contribution in [0.2, 0.25) is 0 Å². The third kappa shape index (κ3) is 5.65. The minimum Gasteiger partial charge on any atom is -0.355 e. The summed E-state index contributed by atoms with van der Waals surface area (Å²) in [6.07, 6.45) is 4.50. The Morgan fingerprint density at radius 3 is 2.71 bits per heavy atom. The van der Waals surface area contributed by atoms with E-state index in [1.54, 1.807) is 12.4 Å². The molecule has 94 valence electrons. The third-order valence-corrected chi connectivity index (χ3v) is 2.84. The lowest BCUT2D eigenvalue weighted by molar-refractivity contribution is -0.118. The monoisotopic (exact) mass is 254 g/mol. The zero-order chi connectivity index (χ0) is 12.5. The van der Waals surface area contributed by atoms with Crippen LogP contribution in [-0.2, 0) is 11.3 Å². The molecule has 1 amide bonds. The fraction of sp³-hybridized carbons (Fsp3) is 0.545. The molecule has 0 aliphatic rings. The van der Waals surface area contributed by atoms with Crippen LogP contribution < -0.4 is 10.6 Å². The fourth-order valence-electron chi connectivity index (χ4n) is 1.16. The minimum absolute atomic E-state index is 0.0275. The SMILES string of the molecule is CCCNC(=O)CSc1ncc(CNC)cn1. The minimum atomic E-state index is 0.0275. The van der Waals surface area contributed by atoms with E-state index in [1.807, 2.05) is 14.0 Å². The summed E-state index contributed by atoms with van der Waals surface area (Å²) in [4.78, 5) is 19.7. The molecule has 0 radical (unpaired) electrons. The summed E-state index contributed by atoms with van der Waals surface area (Å²) in [5.41, 5.74) is 1.03. The van der Waals surface area contributed by atoms with Gasteiger partial charge in [0, 0.05) is 31.0 Å². The molecule has 1 aromatic heterocycles. The molecule has 0 aromatic carbocycles. The molecule has 1 heterocycles. The van der Waals surface area contributed by atoms with E-state index in [0.29, 0.717) is 10.9 Å². The molecule has 0 spiro atoms. The molecule has 1 aromatic rings. The van der Waals surface area contributed by atoms with Crippen molar-refractivity contribution in [3.63, 3.8) is 0 Å². The highest BCUT2D eigenvalue weighted by Crippen LogP contribution is 2.11. The Kier molecular flexibility index (Phi) is 6.57. The average molecular weight is 254 g/mol. The van der Waals surface area contributed by atoms with Gasteiger partial charge in [-0.05, 0) is 13.5 Å². The van der Waals surface area contributed by atoms with Gasteiger partial charge in [-0.25, -0.2) is 9.97 Å². The van der Waals surface area contributed by atoms with Crippen LogP contribution in [0.4, 0.5) is 0 Å². The highest BCUT2D eigenvalue weighted by Gasteiger charge is 2.03. The molecule has 6 heteroatoms. The predicted molar refractivity (Wildman–Crippen MR) is 68.8 cm³/mol. The Hall–Kier alpha value is -1.14. The molecular weight excluding hydrogens is 236 g/mol. The van der Waals surface area contributed by atoms with Gasteiger partial charge in [0.2, 0.25) is 5.91 Å². The zero-order valence-corrected chi connectivity index (χ0v) is 11.0. The van der Waals surface area contributed by atoms with Crippen molar-refractivity contribution >= 4 is 17.7 Å². The van der Waals surface area contributed by atoms with E-state index in [2.05, 4.69) is 20.6 Å². The van der Waals surface area contributed by atoms with Crippen LogP contribution in [0, 0.1) is 0 Å². The molecule has 0 saturated heterocycles. The lowest BCUT2D eigenvalue weighted by Crippen LogP contribution is -2.25. The molecule has 0 atom stereocenters. The number of nitrogens with one attached hydrogen (secondary N) is 2. The smallest absolute Gasteiger partial charge is 0.230 e. The van der Waals surface area contributed by atoms with Crippen molar-refractivity contribution in [1.82, 2.24) is 20.6 Å². The van der Waals surface area contributed by atoms with Crippen LogP contribution in [0.5, 0.6) is 0 Å². The lowest BCUT2D eigenvalue weighted by atomic mass is 10.3. The van der Waals surface area contributed by atoms with Crippen molar-refractivity contribution in [3.8, 4) is 0 Å². The Labute approximate surface area is 106 Å². The van der Waals surface area contributed by atoms with Crippen LogP contribution in [-0.4, -0.2) is 35.2 Å². The fourth-order valence-corrected chi connectivity index (χ4v) is 1.78.